The van der Waals surface area contributed by atoms with Crippen LogP contribution in [0.2, 0.25) is 0 Å². The van der Waals surface area contributed by atoms with E-state index >= 15 is 0 Å². The molecule has 4 rings (SSSR count). The van der Waals surface area contributed by atoms with Gasteiger partial charge in [0.15, 0.2) is 12.4 Å². The maximum absolute atomic E-state index is 12.2. The minimum atomic E-state index is -0.555. The molecule has 0 bridgehead atoms. The molecular weight excluding hydrogens is 380 g/mol. The Kier molecular flexibility index (Phi) is 5.85. The van der Waals surface area contributed by atoms with Crippen LogP contribution in [0.3, 0.4) is 0 Å². The molecule has 3 aromatic carbocycles. The van der Waals surface area contributed by atoms with Crippen LogP contribution in [0.1, 0.15) is 11.5 Å². The van der Waals surface area contributed by atoms with Crippen LogP contribution in [0.25, 0.3) is 22.1 Å². The van der Waals surface area contributed by atoms with Gasteiger partial charge >= 0.3 is 5.97 Å². The number of amides is 1. The minimum absolute atomic E-state index is 0.0924. The summed E-state index contributed by atoms with van der Waals surface area (Å²) in [5, 5.41) is 4.69. The Labute approximate surface area is 173 Å². The van der Waals surface area contributed by atoms with Crippen LogP contribution in [0.15, 0.2) is 83.4 Å². The van der Waals surface area contributed by atoms with Gasteiger partial charge < -0.3 is 14.5 Å². The van der Waals surface area contributed by atoms with E-state index in [9.17, 15) is 9.59 Å². The monoisotopic (exact) mass is 400 g/mol. The number of hydrogen-bond donors (Lipinski definition) is 1. The van der Waals surface area contributed by atoms with E-state index in [1.54, 1.807) is 6.20 Å². The first-order valence-corrected chi connectivity index (χ1v) is 9.58. The van der Waals surface area contributed by atoms with Crippen LogP contribution in [0.4, 0.5) is 0 Å². The lowest BCUT2D eigenvalue weighted by Crippen LogP contribution is -2.31. The Morgan fingerprint density at radius 1 is 0.933 bits per heavy atom. The number of ether oxygens (including phenoxy) is 1. The second-order valence-corrected chi connectivity index (χ2v) is 6.74. The molecule has 0 spiro atoms. The van der Waals surface area contributed by atoms with E-state index in [-0.39, 0.29) is 25.5 Å². The number of benzene rings is 3. The lowest BCUT2D eigenvalue weighted by atomic mass is 10.0. The lowest BCUT2D eigenvalue weighted by molar-refractivity contribution is -0.145. The maximum atomic E-state index is 12.2. The third-order valence-electron chi connectivity index (χ3n) is 4.63. The summed E-state index contributed by atoms with van der Waals surface area (Å²) in [6.45, 7) is -0.305. The van der Waals surface area contributed by atoms with Crippen molar-refractivity contribution in [3.05, 3.63) is 90.4 Å². The number of rotatable bonds is 7. The Morgan fingerprint density at radius 2 is 1.70 bits per heavy atom. The van der Waals surface area contributed by atoms with E-state index < -0.39 is 5.97 Å². The number of aromatic nitrogens is 1. The zero-order chi connectivity index (χ0) is 20.8. The highest BCUT2D eigenvalue weighted by molar-refractivity contribution is 5.91. The molecule has 0 aliphatic heterocycles. The van der Waals surface area contributed by atoms with Crippen LogP contribution >= 0.6 is 0 Å². The van der Waals surface area contributed by atoms with E-state index in [0.717, 1.165) is 21.9 Å². The van der Waals surface area contributed by atoms with Crippen LogP contribution in [0.5, 0.6) is 0 Å². The fourth-order valence-corrected chi connectivity index (χ4v) is 3.16. The van der Waals surface area contributed by atoms with E-state index in [0.29, 0.717) is 11.7 Å². The molecule has 0 saturated carbocycles. The molecule has 0 atom stereocenters. The zero-order valence-corrected chi connectivity index (χ0v) is 16.2. The molecule has 0 aliphatic rings. The van der Waals surface area contributed by atoms with E-state index in [4.69, 9.17) is 9.15 Å². The summed E-state index contributed by atoms with van der Waals surface area (Å²) in [4.78, 5) is 28.3. The summed E-state index contributed by atoms with van der Waals surface area (Å²) < 4.78 is 10.7. The Bertz CT molecular complexity index is 1160. The molecule has 1 N–H and O–H groups in total. The first-order valence-electron chi connectivity index (χ1n) is 9.58. The van der Waals surface area contributed by atoms with Gasteiger partial charge in [-0.05, 0) is 16.3 Å². The van der Waals surface area contributed by atoms with Crippen molar-refractivity contribution >= 4 is 22.6 Å². The highest BCUT2D eigenvalue weighted by Gasteiger charge is 2.12. The van der Waals surface area contributed by atoms with Gasteiger partial charge in [-0.15, -0.1) is 0 Å². The van der Waals surface area contributed by atoms with Crippen LogP contribution in [-0.2, 0) is 27.4 Å². The number of esters is 1. The highest BCUT2D eigenvalue weighted by Crippen LogP contribution is 2.20. The first kappa shape index (κ1) is 19.4. The first-order chi connectivity index (χ1) is 14.7. The number of carbonyl (C=O) groups is 2. The third kappa shape index (κ3) is 4.72. The summed E-state index contributed by atoms with van der Waals surface area (Å²) in [7, 11) is 0. The molecule has 0 unspecified atom stereocenters. The Morgan fingerprint density at radius 3 is 2.57 bits per heavy atom. The van der Waals surface area contributed by atoms with Gasteiger partial charge in [-0.3, -0.25) is 9.59 Å². The molecule has 0 radical (unpaired) electrons. The number of fused-ring (bicyclic) bond motifs is 1. The molecule has 1 amide bonds. The molecule has 150 valence electrons. The molecule has 1 aromatic heterocycles. The quantitative estimate of drug-likeness (QED) is 0.476. The summed E-state index contributed by atoms with van der Waals surface area (Å²) >= 11 is 0. The van der Waals surface area contributed by atoms with Gasteiger partial charge in [-0.2, -0.15) is 0 Å². The van der Waals surface area contributed by atoms with Crippen molar-refractivity contribution in [3.8, 4) is 11.3 Å². The summed E-state index contributed by atoms with van der Waals surface area (Å²) in [5.74, 6) is 0.0980. The molecule has 6 nitrogen and oxygen atoms in total. The van der Waals surface area contributed by atoms with Gasteiger partial charge in [0.05, 0.1) is 12.6 Å². The molecule has 0 saturated heterocycles. The number of carbonyl (C=O) groups excluding carboxylic acids is 2. The van der Waals surface area contributed by atoms with Gasteiger partial charge in [-0.25, -0.2) is 4.98 Å². The van der Waals surface area contributed by atoms with Gasteiger partial charge in [0.25, 0.3) is 0 Å². The predicted octanol–water partition coefficient (Wildman–Crippen LogP) is 3.90. The Hall–Kier alpha value is -3.93. The van der Waals surface area contributed by atoms with Gasteiger partial charge in [-0.1, -0.05) is 72.8 Å². The molecule has 4 aromatic rings. The van der Waals surface area contributed by atoms with Gasteiger partial charge in [0.1, 0.15) is 6.54 Å². The van der Waals surface area contributed by atoms with Crippen molar-refractivity contribution in [2.75, 3.05) is 6.54 Å². The van der Waals surface area contributed by atoms with Crippen LogP contribution in [-0.4, -0.2) is 23.4 Å². The average Bonchev–Trinajstić information content (AvgIpc) is 3.26. The molecular formula is C24H20N2O4. The zero-order valence-electron chi connectivity index (χ0n) is 16.2. The molecule has 0 fully saturated rings. The fourth-order valence-electron chi connectivity index (χ4n) is 3.16. The topological polar surface area (TPSA) is 81.4 Å². The van der Waals surface area contributed by atoms with Gasteiger partial charge in [0.2, 0.25) is 11.8 Å². The van der Waals surface area contributed by atoms with E-state index in [1.807, 2.05) is 72.8 Å². The molecule has 0 aliphatic carbocycles. The number of hydrogen-bond acceptors (Lipinski definition) is 5. The Balaban J connectivity index is 1.26. The highest BCUT2D eigenvalue weighted by atomic mass is 16.5. The van der Waals surface area contributed by atoms with Crippen molar-refractivity contribution in [2.45, 2.75) is 13.0 Å². The third-order valence-corrected chi connectivity index (χ3v) is 4.63. The minimum Gasteiger partial charge on any atom is -0.454 e. The number of nitrogens with zero attached hydrogens (tertiary/aromatic N) is 1. The number of nitrogens with one attached hydrogen (secondary N) is 1. The largest absolute Gasteiger partial charge is 0.454 e. The number of oxazole rings is 1. The second kappa shape index (κ2) is 9.05. The average molecular weight is 400 g/mol. The molecule has 1 heterocycles. The summed E-state index contributed by atoms with van der Waals surface area (Å²) in [6.07, 6.45) is 1.78. The van der Waals surface area contributed by atoms with E-state index in [2.05, 4.69) is 10.3 Å². The van der Waals surface area contributed by atoms with Gasteiger partial charge in [0, 0.05) is 5.56 Å². The smallest absolute Gasteiger partial charge is 0.325 e. The predicted molar refractivity (Wildman–Crippen MR) is 112 cm³/mol. The summed E-state index contributed by atoms with van der Waals surface area (Å²) in [5.41, 5.74) is 1.80. The fraction of sp³-hybridized carbons (Fsp3) is 0.125. The van der Waals surface area contributed by atoms with Crippen LogP contribution in [0, 0.1) is 0 Å². The molecule has 30 heavy (non-hydrogen) atoms. The second-order valence-electron chi connectivity index (χ2n) is 6.74. The summed E-state index contributed by atoms with van der Waals surface area (Å²) in [6, 6.07) is 23.2. The SMILES string of the molecule is O=C(Cc1cccc2ccccc12)NCC(=O)OCc1ncc(-c2ccccc2)o1. The van der Waals surface area contributed by atoms with Crippen LogP contribution < -0.4 is 5.32 Å². The normalized spacial score (nSPS) is 10.7. The van der Waals surface area contributed by atoms with Crippen molar-refractivity contribution in [1.82, 2.24) is 10.3 Å². The van der Waals surface area contributed by atoms with E-state index in [1.165, 1.54) is 0 Å². The van der Waals surface area contributed by atoms with Crippen molar-refractivity contribution < 1.29 is 18.7 Å². The lowest BCUT2D eigenvalue weighted by Gasteiger charge is -2.08. The molecule has 6 heteroatoms. The van der Waals surface area contributed by atoms with Crippen molar-refractivity contribution in [3.63, 3.8) is 0 Å². The standard InChI is InChI=1S/C24H20N2O4/c27-22(13-19-11-6-10-17-7-4-5-12-20(17)19)25-15-24(28)29-16-23-26-14-21(30-23)18-8-2-1-3-9-18/h1-12,14H,13,15-16H2,(H,25,27). The maximum Gasteiger partial charge on any atom is 0.325 e. The van der Waals surface area contributed by atoms with Crippen molar-refractivity contribution in [1.29, 1.82) is 0 Å². The van der Waals surface area contributed by atoms with Crippen molar-refractivity contribution in [2.24, 2.45) is 0 Å².